The van der Waals surface area contributed by atoms with Gasteiger partial charge in [-0.3, -0.25) is 14.6 Å². The minimum absolute atomic E-state index is 0.133. The van der Waals surface area contributed by atoms with E-state index in [-0.39, 0.29) is 40.4 Å². The topological polar surface area (TPSA) is 135 Å². The summed E-state index contributed by atoms with van der Waals surface area (Å²) < 4.78 is 47.5. The molecule has 1 aliphatic rings. The van der Waals surface area contributed by atoms with Crippen LogP contribution in [0.15, 0.2) is 65.4 Å². The van der Waals surface area contributed by atoms with E-state index < -0.39 is 23.2 Å². The van der Waals surface area contributed by atoms with Gasteiger partial charge in [0.2, 0.25) is 5.91 Å². The average Bonchev–Trinajstić information content (AvgIpc) is 3.37. The van der Waals surface area contributed by atoms with E-state index in [1.807, 2.05) is 0 Å². The van der Waals surface area contributed by atoms with Gasteiger partial charge in [-0.15, -0.1) is 0 Å². The number of piperidine rings is 1. The van der Waals surface area contributed by atoms with Crippen LogP contribution in [0.4, 0.5) is 19.0 Å². The molecule has 0 atom stereocenters. The van der Waals surface area contributed by atoms with Crippen LogP contribution in [0.2, 0.25) is 0 Å². The van der Waals surface area contributed by atoms with Crippen LogP contribution in [-0.4, -0.2) is 50.5 Å². The monoisotopic (exact) mass is 579 g/mol. The van der Waals surface area contributed by atoms with Crippen LogP contribution in [0.25, 0.3) is 28.3 Å². The first-order valence-electron chi connectivity index (χ1n) is 13.2. The maximum atomic E-state index is 14.0. The molecule has 1 aromatic carbocycles. The van der Waals surface area contributed by atoms with E-state index in [2.05, 4.69) is 15.3 Å². The fourth-order valence-corrected chi connectivity index (χ4v) is 4.64. The molecule has 218 valence electrons. The van der Waals surface area contributed by atoms with Crippen LogP contribution in [0, 0.1) is 0 Å². The fourth-order valence-electron chi connectivity index (χ4n) is 4.64. The van der Waals surface area contributed by atoms with Crippen molar-refractivity contribution in [1.82, 2.24) is 20.2 Å². The zero-order valence-corrected chi connectivity index (χ0v) is 22.6. The summed E-state index contributed by atoms with van der Waals surface area (Å²) >= 11 is 0. The highest BCUT2D eigenvalue weighted by molar-refractivity contribution is 5.94. The Morgan fingerprint density at radius 1 is 1.12 bits per heavy atom. The van der Waals surface area contributed by atoms with Gasteiger partial charge in [0.25, 0.3) is 5.91 Å². The minimum Gasteiger partial charge on any atom is -0.459 e. The van der Waals surface area contributed by atoms with E-state index in [4.69, 9.17) is 10.2 Å². The number of carbonyl (C=O) groups excluding carboxylic acids is 2. The molecule has 0 spiro atoms. The van der Waals surface area contributed by atoms with Crippen LogP contribution in [-0.2, 0) is 17.5 Å². The molecular weight excluding hydrogens is 551 g/mol. The van der Waals surface area contributed by atoms with E-state index in [1.54, 1.807) is 24.0 Å². The van der Waals surface area contributed by atoms with Gasteiger partial charge in [0.1, 0.15) is 17.2 Å². The normalized spacial score (nSPS) is 15.3. The van der Waals surface area contributed by atoms with Gasteiger partial charge < -0.3 is 25.5 Å². The summed E-state index contributed by atoms with van der Waals surface area (Å²) in [6.45, 7) is 2.40. The first-order chi connectivity index (χ1) is 19.9. The molecule has 0 bridgehead atoms. The quantitative estimate of drug-likeness (QED) is 0.279. The van der Waals surface area contributed by atoms with Crippen molar-refractivity contribution >= 4 is 34.7 Å². The van der Waals surface area contributed by atoms with Crippen molar-refractivity contribution in [1.29, 1.82) is 0 Å². The van der Waals surface area contributed by atoms with Gasteiger partial charge in [-0.25, -0.2) is 4.98 Å². The molecule has 0 aliphatic carbocycles. The third kappa shape index (κ3) is 6.60. The van der Waals surface area contributed by atoms with Gasteiger partial charge in [0.15, 0.2) is 0 Å². The van der Waals surface area contributed by atoms with Crippen molar-refractivity contribution in [3.05, 3.63) is 83.4 Å². The highest BCUT2D eigenvalue weighted by Gasteiger charge is 2.35. The highest BCUT2D eigenvalue weighted by atomic mass is 19.4. The van der Waals surface area contributed by atoms with E-state index in [1.165, 1.54) is 48.8 Å². The van der Waals surface area contributed by atoms with Gasteiger partial charge in [0, 0.05) is 42.5 Å². The standard InChI is InChI=1S/C30H28F3N5O4/c1-29(41)8-10-38(11-9-29)28(40)19-4-5-24(35-16-19)20-12-21-13-22(42-27(21)23(14-20)30(31,32)33)17-37-26(39)7-3-18-2-6-25(34)36-15-18/h2-7,12-16,41H,8-11,17H2,1H3,(H2,34,36)(H,37,39). The summed E-state index contributed by atoms with van der Waals surface area (Å²) in [4.78, 5) is 34.9. The molecule has 0 saturated carbocycles. The molecule has 42 heavy (non-hydrogen) atoms. The Morgan fingerprint density at radius 3 is 2.52 bits per heavy atom. The second-order valence-electron chi connectivity index (χ2n) is 10.4. The van der Waals surface area contributed by atoms with Crippen molar-refractivity contribution in [2.45, 2.75) is 38.1 Å². The van der Waals surface area contributed by atoms with E-state index >= 15 is 0 Å². The van der Waals surface area contributed by atoms with E-state index in [0.29, 0.717) is 42.9 Å². The first-order valence-corrected chi connectivity index (χ1v) is 13.2. The molecule has 4 N–H and O–H groups in total. The number of nitrogen functional groups attached to an aromatic ring is 1. The Balaban J connectivity index is 1.33. The van der Waals surface area contributed by atoms with Gasteiger partial charge in [-0.2, -0.15) is 13.2 Å². The number of benzene rings is 1. The predicted molar refractivity (Wildman–Crippen MR) is 150 cm³/mol. The number of fused-ring (bicyclic) bond motifs is 1. The lowest BCUT2D eigenvalue weighted by atomic mass is 9.93. The number of amides is 2. The summed E-state index contributed by atoms with van der Waals surface area (Å²) in [5, 5.41) is 12.9. The molecule has 1 saturated heterocycles. The largest absolute Gasteiger partial charge is 0.459 e. The van der Waals surface area contributed by atoms with Gasteiger partial charge in [-0.05, 0) is 73.9 Å². The summed E-state index contributed by atoms with van der Waals surface area (Å²) in [5.41, 5.74) is 4.79. The molecule has 3 aromatic heterocycles. The number of nitrogens with two attached hydrogens (primary N) is 1. The van der Waals surface area contributed by atoms with Crippen molar-refractivity contribution in [2.24, 2.45) is 0 Å². The second-order valence-corrected chi connectivity index (χ2v) is 10.4. The number of nitrogens with zero attached hydrogens (tertiary/aromatic N) is 3. The number of hydrogen-bond acceptors (Lipinski definition) is 7. The Hall–Kier alpha value is -4.71. The van der Waals surface area contributed by atoms with E-state index in [0.717, 1.165) is 6.07 Å². The van der Waals surface area contributed by atoms with Crippen molar-refractivity contribution in [3.8, 4) is 11.3 Å². The molecule has 0 radical (unpaired) electrons. The Bertz CT molecular complexity index is 1630. The number of pyridine rings is 2. The number of anilines is 1. The van der Waals surface area contributed by atoms with Gasteiger partial charge >= 0.3 is 6.18 Å². The van der Waals surface area contributed by atoms with Crippen molar-refractivity contribution in [2.75, 3.05) is 18.8 Å². The average molecular weight is 580 g/mol. The van der Waals surface area contributed by atoms with Crippen LogP contribution < -0.4 is 11.1 Å². The Kier molecular flexibility index (Phi) is 7.74. The molecule has 9 nitrogen and oxygen atoms in total. The molecule has 5 rings (SSSR count). The van der Waals surface area contributed by atoms with E-state index in [9.17, 15) is 27.9 Å². The molecule has 0 unspecified atom stereocenters. The number of alkyl halides is 3. The Morgan fingerprint density at radius 2 is 1.88 bits per heavy atom. The summed E-state index contributed by atoms with van der Waals surface area (Å²) in [6.07, 6.45) is 1.83. The summed E-state index contributed by atoms with van der Waals surface area (Å²) in [7, 11) is 0. The minimum atomic E-state index is -4.71. The smallest absolute Gasteiger partial charge is 0.420 e. The maximum Gasteiger partial charge on any atom is 0.420 e. The molecule has 1 aliphatic heterocycles. The van der Waals surface area contributed by atoms with Crippen molar-refractivity contribution < 1.29 is 32.3 Å². The third-order valence-corrected chi connectivity index (χ3v) is 7.08. The van der Waals surface area contributed by atoms with Crippen LogP contribution >= 0.6 is 0 Å². The maximum absolute atomic E-state index is 14.0. The molecule has 12 heteroatoms. The van der Waals surface area contributed by atoms with Crippen LogP contribution in [0.1, 0.15) is 47.0 Å². The SMILES string of the molecule is CC1(O)CCN(C(=O)c2ccc(-c3cc(C(F)(F)F)c4oc(CNC(=O)C=Cc5ccc(N)nc5)cc4c3)nc2)CC1. The van der Waals surface area contributed by atoms with Gasteiger partial charge in [0.05, 0.1) is 29.0 Å². The zero-order chi connectivity index (χ0) is 30.1. The summed E-state index contributed by atoms with van der Waals surface area (Å²) in [6, 6.07) is 10.2. The van der Waals surface area contributed by atoms with Gasteiger partial charge in [-0.1, -0.05) is 0 Å². The number of carbonyl (C=O) groups is 2. The number of hydrogen-bond donors (Lipinski definition) is 3. The lowest BCUT2D eigenvalue weighted by Gasteiger charge is -2.35. The molecule has 2 amide bonds. The van der Waals surface area contributed by atoms with Crippen molar-refractivity contribution in [3.63, 3.8) is 0 Å². The molecule has 4 aromatic rings. The van der Waals surface area contributed by atoms with Crippen LogP contribution in [0.5, 0.6) is 0 Å². The molecule has 4 heterocycles. The van der Waals surface area contributed by atoms with Crippen LogP contribution in [0.3, 0.4) is 0 Å². The predicted octanol–water partition coefficient (Wildman–Crippen LogP) is 4.81. The number of halogens is 3. The molecular formula is C30H28F3N5O4. The lowest BCUT2D eigenvalue weighted by molar-refractivity contribution is -0.136. The highest BCUT2D eigenvalue weighted by Crippen LogP contribution is 2.39. The first kappa shape index (κ1) is 28.8. The number of furan rings is 1. The fraction of sp³-hybridized carbons (Fsp3) is 0.267. The number of aliphatic hydroxyl groups is 1. The lowest BCUT2D eigenvalue weighted by Crippen LogP contribution is -2.45. The zero-order valence-electron chi connectivity index (χ0n) is 22.6. The third-order valence-electron chi connectivity index (χ3n) is 7.08. The number of likely N-dealkylation sites (tertiary alicyclic amines) is 1. The molecule has 1 fully saturated rings. The summed E-state index contributed by atoms with van der Waals surface area (Å²) in [5.74, 6) is -0.247. The number of nitrogens with one attached hydrogen (secondary N) is 1. The Labute approximate surface area is 238 Å². The number of aromatic nitrogens is 2. The number of rotatable bonds is 6. The second kappa shape index (κ2) is 11.3.